The predicted octanol–water partition coefficient (Wildman–Crippen LogP) is 1.66. The molecule has 1 aliphatic heterocycles. The molecule has 110 valence electrons. The minimum Gasteiger partial charge on any atom is -0.492 e. The van der Waals surface area contributed by atoms with E-state index in [4.69, 9.17) is 4.74 Å². The fourth-order valence-electron chi connectivity index (χ4n) is 2.45. The number of piperidine rings is 1. The number of rotatable bonds is 5. The highest BCUT2D eigenvalue weighted by molar-refractivity contribution is 5.78. The average Bonchev–Trinajstić information content (AvgIpc) is 2.49. The third-order valence-corrected chi connectivity index (χ3v) is 3.69. The molecule has 0 radical (unpaired) electrons. The van der Waals surface area contributed by atoms with Crippen molar-refractivity contribution in [3.8, 4) is 5.75 Å². The van der Waals surface area contributed by atoms with E-state index in [2.05, 4.69) is 10.2 Å². The van der Waals surface area contributed by atoms with Crippen LogP contribution in [0.4, 0.5) is 4.39 Å². The zero-order valence-electron chi connectivity index (χ0n) is 11.8. The van der Waals surface area contributed by atoms with Crippen molar-refractivity contribution in [1.29, 1.82) is 0 Å². The molecule has 0 aliphatic carbocycles. The first kappa shape index (κ1) is 14.8. The van der Waals surface area contributed by atoms with Crippen LogP contribution < -0.4 is 10.1 Å². The first-order valence-corrected chi connectivity index (χ1v) is 7.01. The molecule has 0 unspecified atom stereocenters. The van der Waals surface area contributed by atoms with Crippen LogP contribution in [0.3, 0.4) is 0 Å². The Bertz CT molecular complexity index is 428. The lowest BCUT2D eigenvalue weighted by Crippen LogP contribution is -2.41. The number of hydrogen-bond donors (Lipinski definition) is 1. The van der Waals surface area contributed by atoms with E-state index in [1.54, 1.807) is 19.2 Å². The largest absolute Gasteiger partial charge is 0.492 e. The van der Waals surface area contributed by atoms with Gasteiger partial charge in [-0.15, -0.1) is 0 Å². The Morgan fingerprint density at radius 3 is 2.60 bits per heavy atom. The average molecular weight is 280 g/mol. The number of halogens is 1. The Morgan fingerprint density at radius 1 is 1.35 bits per heavy atom. The topological polar surface area (TPSA) is 41.6 Å². The summed E-state index contributed by atoms with van der Waals surface area (Å²) >= 11 is 0. The lowest BCUT2D eigenvalue weighted by atomic mass is 9.96. The molecule has 0 saturated carbocycles. The summed E-state index contributed by atoms with van der Waals surface area (Å²) in [5.74, 6) is 0.724. The Hall–Kier alpha value is -1.62. The molecule has 1 heterocycles. The molecule has 4 nitrogen and oxygen atoms in total. The van der Waals surface area contributed by atoms with Crippen molar-refractivity contribution in [1.82, 2.24) is 10.2 Å². The van der Waals surface area contributed by atoms with Crippen LogP contribution in [0, 0.1) is 11.7 Å². The van der Waals surface area contributed by atoms with Crippen molar-refractivity contribution in [2.45, 2.75) is 12.8 Å². The van der Waals surface area contributed by atoms with Crippen molar-refractivity contribution in [2.75, 3.05) is 33.3 Å². The number of likely N-dealkylation sites (tertiary alicyclic amines) is 1. The van der Waals surface area contributed by atoms with Crippen molar-refractivity contribution in [3.05, 3.63) is 30.1 Å². The normalized spacial score (nSPS) is 16.9. The number of ether oxygens (including phenoxy) is 1. The first-order valence-electron chi connectivity index (χ1n) is 7.01. The van der Waals surface area contributed by atoms with Crippen LogP contribution in [-0.2, 0) is 4.79 Å². The maximum atomic E-state index is 12.7. The molecule has 1 aliphatic rings. The van der Waals surface area contributed by atoms with E-state index < -0.39 is 0 Å². The minimum atomic E-state index is -0.256. The Balaban J connectivity index is 1.66. The van der Waals surface area contributed by atoms with Crippen molar-refractivity contribution >= 4 is 5.91 Å². The van der Waals surface area contributed by atoms with Gasteiger partial charge in [0.1, 0.15) is 18.2 Å². The van der Waals surface area contributed by atoms with Crippen LogP contribution in [0.1, 0.15) is 12.8 Å². The van der Waals surface area contributed by atoms with E-state index in [1.807, 2.05) is 0 Å². The summed E-state index contributed by atoms with van der Waals surface area (Å²) in [5.41, 5.74) is 0. The minimum absolute atomic E-state index is 0.146. The van der Waals surface area contributed by atoms with Crippen LogP contribution in [0.5, 0.6) is 5.75 Å². The van der Waals surface area contributed by atoms with Crippen molar-refractivity contribution < 1.29 is 13.9 Å². The number of hydrogen-bond acceptors (Lipinski definition) is 3. The monoisotopic (exact) mass is 280 g/mol. The highest BCUT2D eigenvalue weighted by Gasteiger charge is 2.23. The van der Waals surface area contributed by atoms with Gasteiger partial charge in [-0.1, -0.05) is 0 Å². The van der Waals surface area contributed by atoms with E-state index in [9.17, 15) is 9.18 Å². The standard InChI is InChI=1S/C15H21FN2O2/c1-17-15(19)12-6-8-18(9-7-12)10-11-20-14-4-2-13(16)3-5-14/h2-5,12H,6-11H2,1H3,(H,17,19). The van der Waals surface area contributed by atoms with Gasteiger partial charge in [-0.3, -0.25) is 9.69 Å². The number of nitrogens with one attached hydrogen (secondary N) is 1. The van der Waals surface area contributed by atoms with Gasteiger partial charge in [0.05, 0.1) is 0 Å². The van der Waals surface area contributed by atoms with Gasteiger partial charge >= 0.3 is 0 Å². The van der Waals surface area contributed by atoms with Gasteiger partial charge in [-0.2, -0.15) is 0 Å². The molecule has 0 aromatic heterocycles. The summed E-state index contributed by atoms with van der Waals surface area (Å²) in [6, 6.07) is 6.05. The number of benzene rings is 1. The quantitative estimate of drug-likeness (QED) is 0.892. The second kappa shape index (κ2) is 7.24. The highest BCUT2D eigenvalue weighted by atomic mass is 19.1. The lowest BCUT2D eigenvalue weighted by molar-refractivity contribution is -0.125. The third-order valence-electron chi connectivity index (χ3n) is 3.69. The van der Waals surface area contributed by atoms with Crippen molar-refractivity contribution in [3.63, 3.8) is 0 Å². The van der Waals surface area contributed by atoms with Crippen LogP contribution in [0.15, 0.2) is 24.3 Å². The molecule has 20 heavy (non-hydrogen) atoms. The maximum absolute atomic E-state index is 12.7. The lowest BCUT2D eigenvalue weighted by Gasteiger charge is -2.30. The second-order valence-electron chi connectivity index (χ2n) is 5.03. The second-order valence-corrected chi connectivity index (χ2v) is 5.03. The first-order chi connectivity index (χ1) is 9.69. The molecule has 0 bridgehead atoms. The SMILES string of the molecule is CNC(=O)C1CCN(CCOc2ccc(F)cc2)CC1. The summed E-state index contributed by atoms with van der Waals surface area (Å²) in [4.78, 5) is 13.8. The third kappa shape index (κ3) is 4.20. The molecule has 1 fully saturated rings. The molecule has 1 amide bonds. The fraction of sp³-hybridized carbons (Fsp3) is 0.533. The molecular formula is C15H21FN2O2. The summed E-state index contributed by atoms with van der Waals surface area (Å²) in [7, 11) is 1.69. The summed E-state index contributed by atoms with van der Waals surface area (Å²) < 4.78 is 18.3. The number of nitrogens with zero attached hydrogens (tertiary/aromatic N) is 1. The van der Waals surface area contributed by atoms with Crippen LogP contribution in [-0.4, -0.2) is 44.1 Å². The number of amides is 1. The van der Waals surface area contributed by atoms with E-state index in [0.29, 0.717) is 12.4 Å². The maximum Gasteiger partial charge on any atom is 0.222 e. The Labute approximate surface area is 118 Å². The van der Waals surface area contributed by atoms with E-state index >= 15 is 0 Å². The van der Waals surface area contributed by atoms with Gasteiger partial charge in [0, 0.05) is 19.5 Å². The van der Waals surface area contributed by atoms with Gasteiger partial charge < -0.3 is 10.1 Å². The van der Waals surface area contributed by atoms with E-state index in [0.717, 1.165) is 32.5 Å². The molecule has 1 saturated heterocycles. The fourth-order valence-corrected chi connectivity index (χ4v) is 2.45. The zero-order valence-corrected chi connectivity index (χ0v) is 11.8. The van der Waals surface area contributed by atoms with Crippen LogP contribution in [0.25, 0.3) is 0 Å². The van der Waals surface area contributed by atoms with Gasteiger partial charge in [-0.05, 0) is 50.2 Å². The summed E-state index contributed by atoms with van der Waals surface area (Å²) in [5, 5.41) is 2.71. The Morgan fingerprint density at radius 2 is 2.00 bits per heavy atom. The zero-order chi connectivity index (χ0) is 14.4. The molecule has 0 atom stereocenters. The van der Waals surface area contributed by atoms with Crippen molar-refractivity contribution in [2.24, 2.45) is 5.92 Å². The highest BCUT2D eigenvalue weighted by Crippen LogP contribution is 2.17. The van der Waals surface area contributed by atoms with E-state index in [-0.39, 0.29) is 17.6 Å². The molecular weight excluding hydrogens is 259 g/mol. The predicted molar refractivity (Wildman–Crippen MR) is 75.1 cm³/mol. The number of carbonyl (C=O) groups is 1. The van der Waals surface area contributed by atoms with Gasteiger partial charge in [0.15, 0.2) is 0 Å². The molecule has 1 aromatic rings. The molecule has 0 spiro atoms. The van der Waals surface area contributed by atoms with E-state index in [1.165, 1.54) is 12.1 Å². The van der Waals surface area contributed by atoms with Gasteiger partial charge in [0.2, 0.25) is 5.91 Å². The summed E-state index contributed by atoms with van der Waals surface area (Å²) in [6.45, 7) is 3.25. The summed E-state index contributed by atoms with van der Waals surface area (Å²) in [6.07, 6.45) is 1.80. The number of carbonyl (C=O) groups excluding carboxylic acids is 1. The van der Waals surface area contributed by atoms with Crippen LogP contribution >= 0.6 is 0 Å². The smallest absolute Gasteiger partial charge is 0.222 e. The van der Waals surface area contributed by atoms with Crippen LogP contribution in [0.2, 0.25) is 0 Å². The Kier molecular flexibility index (Phi) is 5.35. The molecule has 5 heteroatoms. The molecule has 1 N–H and O–H groups in total. The molecule has 2 rings (SSSR count). The van der Waals surface area contributed by atoms with Gasteiger partial charge in [0.25, 0.3) is 0 Å². The molecule has 1 aromatic carbocycles. The van der Waals surface area contributed by atoms with Gasteiger partial charge in [-0.25, -0.2) is 4.39 Å².